The molecule has 0 saturated carbocycles. The van der Waals surface area contributed by atoms with E-state index in [0.717, 1.165) is 60.7 Å². The molecule has 1 amide bonds. The van der Waals surface area contributed by atoms with Crippen molar-refractivity contribution in [1.82, 2.24) is 15.4 Å². The molecule has 7 nitrogen and oxygen atoms in total. The van der Waals surface area contributed by atoms with E-state index in [-0.39, 0.29) is 24.4 Å². The normalized spacial score (nSPS) is 16.8. The predicted octanol–water partition coefficient (Wildman–Crippen LogP) is 5.61. The van der Waals surface area contributed by atoms with Gasteiger partial charge in [0.25, 0.3) is 0 Å². The molecule has 3 atom stereocenters. The lowest BCUT2D eigenvalue weighted by Crippen LogP contribution is -2.36. The number of carbonyl (C=O) groups excluding carboxylic acids is 1. The first-order chi connectivity index (χ1) is 20.0. The second-order valence-electron chi connectivity index (χ2n) is 10.5. The van der Waals surface area contributed by atoms with Crippen molar-refractivity contribution >= 4 is 15.9 Å². The Morgan fingerprint density at radius 3 is 2.50 bits per heavy atom. The number of hydrogen-bond acceptors (Lipinski definition) is 5. The Bertz CT molecular complexity index is 1470. The third-order valence-electron chi connectivity index (χ3n) is 7.43. The van der Waals surface area contributed by atoms with Crippen molar-refractivity contribution < 1.29 is 31.1 Å². The number of aryl methyl sites for hydroxylation is 1. The molecule has 0 spiro atoms. The van der Waals surface area contributed by atoms with Crippen LogP contribution in [0.2, 0.25) is 0 Å². The zero-order valence-electron chi connectivity index (χ0n) is 23.6. The molecule has 42 heavy (non-hydrogen) atoms. The molecule has 0 fully saturated rings. The van der Waals surface area contributed by atoms with Gasteiger partial charge in [-0.25, -0.2) is 13.1 Å². The molecule has 3 N–H and O–H groups in total. The number of nitrogens with one attached hydrogen (secondary N) is 3. The topological polar surface area (TPSA) is 96.5 Å². The van der Waals surface area contributed by atoms with Crippen molar-refractivity contribution in [2.45, 2.75) is 61.8 Å². The summed E-state index contributed by atoms with van der Waals surface area (Å²) in [6.07, 6.45) is -2.40. The fraction of sp³-hybridized carbons (Fsp3) is 0.387. The Morgan fingerprint density at radius 1 is 1.02 bits per heavy atom. The van der Waals surface area contributed by atoms with Gasteiger partial charge >= 0.3 is 6.18 Å². The summed E-state index contributed by atoms with van der Waals surface area (Å²) in [5.74, 6) is -0.368. The predicted molar refractivity (Wildman–Crippen MR) is 154 cm³/mol. The highest BCUT2D eigenvalue weighted by atomic mass is 32.2. The lowest BCUT2D eigenvalue weighted by atomic mass is 9.85. The van der Waals surface area contributed by atoms with Crippen LogP contribution in [0.25, 0.3) is 0 Å². The molecule has 3 aromatic carbocycles. The van der Waals surface area contributed by atoms with Crippen LogP contribution in [0.3, 0.4) is 0 Å². The van der Waals surface area contributed by atoms with Gasteiger partial charge in [0.05, 0.1) is 29.1 Å². The number of fused-ring (bicyclic) bond motifs is 1. The smallest absolute Gasteiger partial charge is 0.383 e. The maximum atomic E-state index is 13.3. The molecule has 1 aliphatic carbocycles. The van der Waals surface area contributed by atoms with E-state index in [9.17, 15) is 26.4 Å². The average molecular weight is 604 g/mol. The van der Waals surface area contributed by atoms with Crippen molar-refractivity contribution in [2.24, 2.45) is 0 Å². The molecule has 0 heterocycles. The Balaban J connectivity index is 1.50. The van der Waals surface area contributed by atoms with Gasteiger partial charge in [-0.15, -0.1) is 0 Å². The third-order valence-corrected chi connectivity index (χ3v) is 8.90. The first-order valence-corrected chi connectivity index (χ1v) is 15.3. The number of carbonyl (C=O) groups is 1. The molecule has 0 saturated heterocycles. The zero-order valence-corrected chi connectivity index (χ0v) is 24.4. The standard InChI is InChI=1S/C31H36F3N3O4S/c1-21(35-16-17-41-2)23-14-15-27-24(18-23)10-6-13-28(27)36-30(38)20-29(22-8-4-3-5-9-22)37-42(39,40)26-12-7-11-25(19-26)31(32,33)34/h3-5,7-9,11-12,14-15,18-19,21,28-29,35,37H,6,10,13,16-17,20H2,1-2H3,(H,36,38)/t21-,28-,29?/m1/s1. The number of ether oxygens (including phenoxy) is 1. The van der Waals surface area contributed by atoms with E-state index >= 15 is 0 Å². The average Bonchev–Trinajstić information content (AvgIpc) is 2.97. The van der Waals surface area contributed by atoms with Gasteiger partial charge in [0.15, 0.2) is 0 Å². The number of benzene rings is 3. The van der Waals surface area contributed by atoms with Gasteiger partial charge in [0, 0.05) is 26.1 Å². The summed E-state index contributed by atoms with van der Waals surface area (Å²) in [5, 5.41) is 6.49. The minimum Gasteiger partial charge on any atom is -0.383 e. The second kappa shape index (κ2) is 13.8. The summed E-state index contributed by atoms with van der Waals surface area (Å²) < 4.78 is 73.6. The van der Waals surface area contributed by atoms with Crippen LogP contribution in [0.5, 0.6) is 0 Å². The molecule has 0 bridgehead atoms. The summed E-state index contributed by atoms with van der Waals surface area (Å²) in [4.78, 5) is 12.8. The van der Waals surface area contributed by atoms with Gasteiger partial charge in [0.1, 0.15) is 0 Å². The Kier molecular flexibility index (Phi) is 10.4. The van der Waals surface area contributed by atoms with Gasteiger partial charge in [-0.1, -0.05) is 54.6 Å². The zero-order chi connectivity index (χ0) is 30.3. The summed E-state index contributed by atoms with van der Waals surface area (Å²) in [6.45, 7) is 3.43. The van der Waals surface area contributed by atoms with Crippen LogP contribution in [-0.2, 0) is 32.2 Å². The van der Waals surface area contributed by atoms with E-state index in [1.54, 1.807) is 37.4 Å². The van der Waals surface area contributed by atoms with E-state index < -0.39 is 32.7 Å². The van der Waals surface area contributed by atoms with Crippen LogP contribution in [0.15, 0.2) is 77.7 Å². The fourth-order valence-corrected chi connectivity index (χ4v) is 6.47. The van der Waals surface area contributed by atoms with Crippen molar-refractivity contribution in [3.8, 4) is 0 Å². The van der Waals surface area contributed by atoms with Crippen LogP contribution < -0.4 is 15.4 Å². The van der Waals surface area contributed by atoms with E-state index in [2.05, 4.69) is 28.3 Å². The van der Waals surface area contributed by atoms with Crippen LogP contribution in [-0.4, -0.2) is 34.6 Å². The Hall–Kier alpha value is -3.25. The Labute approximate surface area is 244 Å². The van der Waals surface area contributed by atoms with Crippen LogP contribution in [0, 0.1) is 0 Å². The van der Waals surface area contributed by atoms with Gasteiger partial charge in [-0.05, 0) is 66.6 Å². The Morgan fingerprint density at radius 2 is 1.79 bits per heavy atom. The summed E-state index contributed by atoms with van der Waals surface area (Å²) in [7, 11) is -2.72. The number of rotatable bonds is 12. The first-order valence-electron chi connectivity index (χ1n) is 13.9. The number of hydrogen-bond donors (Lipinski definition) is 3. The third kappa shape index (κ3) is 8.19. The van der Waals surface area contributed by atoms with Crippen molar-refractivity contribution in [3.05, 3.63) is 101 Å². The van der Waals surface area contributed by atoms with E-state index in [0.29, 0.717) is 18.2 Å². The number of amides is 1. The van der Waals surface area contributed by atoms with Gasteiger partial charge in [0.2, 0.25) is 15.9 Å². The van der Waals surface area contributed by atoms with Crippen molar-refractivity contribution in [3.63, 3.8) is 0 Å². The van der Waals surface area contributed by atoms with Gasteiger partial charge < -0.3 is 15.4 Å². The van der Waals surface area contributed by atoms with Crippen LogP contribution >= 0.6 is 0 Å². The van der Waals surface area contributed by atoms with E-state index in [1.165, 1.54) is 0 Å². The number of methoxy groups -OCH3 is 1. The molecule has 4 rings (SSSR count). The van der Waals surface area contributed by atoms with Crippen LogP contribution in [0.1, 0.15) is 72.1 Å². The molecular formula is C31H36F3N3O4S. The molecule has 0 aliphatic heterocycles. The second-order valence-corrected chi connectivity index (χ2v) is 12.2. The van der Waals surface area contributed by atoms with Crippen molar-refractivity contribution in [2.75, 3.05) is 20.3 Å². The highest BCUT2D eigenvalue weighted by Gasteiger charge is 2.33. The van der Waals surface area contributed by atoms with Crippen LogP contribution in [0.4, 0.5) is 13.2 Å². The molecule has 1 aliphatic rings. The maximum absolute atomic E-state index is 13.3. The first kappa shape index (κ1) is 31.7. The van der Waals surface area contributed by atoms with E-state index in [1.807, 2.05) is 12.1 Å². The summed E-state index contributed by atoms with van der Waals surface area (Å²) >= 11 is 0. The molecule has 226 valence electrons. The minimum atomic E-state index is -4.69. The summed E-state index contributed by atoms with van der Waals surface area (Å²) in [6, 6.07) is 17.2. The molecule has 0 radical (unpaired) electrons. The number of alkyl halides is 3. The van der Waals surface area contributed by atoms with Crippen molar-refractivity contribution in [1.29, 1.82) is 0 Å². The lowest BCUT2D eigenvalue weighted by molar-refractivity contribution is -0.137. The quantitative estimate of drug-likeness (QED) is 0.234. The molecule has 11 heteroatoms. The fourth-order valence-electron chi connectivity index (χ4n) is 5.20. The summed E-state index contributed by atoms with van der Waals surface area (Å²) in [5.41, 5.74) is 2.79. The minimum absolute atomic E-state index is 0.136. The largest absolute Gasteiger partial charge is 0.416 e. The lowest BCUT2D eigenvalue weighted by Gasteiger charge is -2.28. The highest BCUT2D eigenvalue weighted by Crippen LogP contribution is 2.33. The molecular weight excluding hydrogens is 567 g/mol. The maximum Gasteiger partial charge on any atom is 0.416 e. The molecule has 3 aromatic rings. The van der Waals surface area contributed by atoms with Gasteiger partial charge in [-0.2, -0.15) is 13.2 Å². The van der Waals surface area contributed by atoms with Gasteiger partial charge in [-0.3, -0.25) is 4.79 Å². The molecule has 1 unspecified atom stereocenters. The number of halogens is 3. The highest BCUT2D eigenvalue weighted by molar-refractivity contribution is 7.89. The molecule has 0 aromatic heterocycles. The monoisotopic (exact) mass is 603 g/mol. The number of sulfonamides is 1. The SMILES string of the molecule is COCCN[C@H](C)c1ccc2c(c1)CCC[C@H]2NC(=O)CC(NS(=O)(=O)c1cccc(C(F)(F)F)c1)c1ccccc1. The van der Waals surface area contributed by atoms with E-state index in [4.69, 9.17) is 4.74 Å².